The lowest BCUT2D eigenvalue weighted by Gasteiger charge is -2.29. The lowest BCUT2D eigenvalue weighted by molar-refractivity contribution is -0.136. The Morgan fingerprint density at radius 1 is 1.28 bits per heavy atom. The monoisotopic (exact) mass is 423 g/mol. The van der Waals surface area contributed by atoms with Gasteiger partial charge in [0.15, 0.2) is 0 Å². The van der Waals surface area contributed by atoms with E-state index in [4.69, 9.17) is 4.55 Å². The molecule has 0 bridgehead atoms. The molecule has 0 saturated carbocycles. The summed E-state index contributed by atoms with van der Waals surface area (Å²) >= 11 is 0. The van der Waals surface area contributed by atoms with Gasteiger partial charge in [-0.15, -0.1) is 0 Å². The van der Waals surface area contributed by atoms with Gasteiger partial charge in [-0.1, -0.05) is 12.5 Å². The van der Waals surface area contributed by atoms with Crippen LogP contribution in [0.2, 0.25) is 0 Å². The van der Waals surface area contributed by atoms with Gasteiger partial charge in [0.1, 0.15) is 6.04 Å². The second kappa shape index (κ2) is 8.50. The van der Waals surface area contributed by atoms with Gasteiger partial charge in [0.25, 0.3) is 16.0 Å². The first-order chi connectivity index (χ1) is 13.7. The highest BCUT2D eigenvalue weighted by Crippen LogP contribution is 2.32. The fourth-order valence-corrected chi connectivity index (χ4v) is 4.14. The molecule has 2 heterocycles. The van der Waals surface area contributed by atoms with E-state index in [0.29, 0.717) is 44.3 Å². The van der Waals surface area contributed by atoms with Crippen molar-refractivity contribution >= 4 is 33.5 Å². The number of amides is 3. The number of imide groups is 1. The maximum atomic E-state index is 12.8. The van der Waals surface area contributed by atoms with Crippen LogP contribution in [0.1, 0.15) is 54.9 Å². The first-order valence-electron chi connectivity index (χ1n) is 9.65. The number of unbranched alkanes of at least 4 members (excludes halogenated alkanes) is 1. The maximum absolute atomic E-state index is 12.8. The predicted octanol–water partition coefficient (Wildman–Crippen LogP) is 1.31. The second-order valence-corrected chi connectivity index (χ2v) is 9.31. The molecule has 29 heavy (non-hydrogen) atoms. The number of benzene rings is 1. The first kappa shape index (κ1) is 21.3. The van der Waals surface area contributed by atoms with Crippen molar-refractivity contribution in [2.75, 3.05) is 11.9 Å². The van der Waals surface area contributed by atoms with Crippen molar-refractivity contribution in [3.8, 4) is 0 Å². The molecule has 2 aliphatic heterocycles. The van der Waals surface area contributed by atoms with Crippen molar-refractivity contribution < 1.29 is 27.4 Å². The molecule has 3 rings (SSSR count). The molecular weight excluding hydrogens is 398 g/mol. The molecule has 3 amide bonds. The Labute approximate surface area is 169 Å². The summed E-state index contributed by atoms with van der Waals surface area (Å²) in [6.07, 6.45) is 2.23. The molecule has 0 spiro atoms. The Morgan fingerprint density at radius 2 is 2.03 bits per heavy atom. The molecule has 3 N–H and O–H groups in total. The second-order valence-electron chi connectivity index (χ2n) is 7.48. The zero-order chi connectivity index (χ0) is 21.2. The van der Waals surface area contributed by atoms with Gasteiger partial charge in [-0.05, 0) is 38.3 Å². The third-order valence-electron chi connectivity index (χ3n) is 5.44. The highest BCUT2D eigenvalue weighted by Gasteiger charge is 2.39. The number of hydrogen-bond donors (Lipinski definition) is 3. The molecule has 0 aliphatic carbocycles. The van der Waals surface area contributed by atoms with Crippen LogP contribution in [0.4, 0.5) is 5.69 Å². The Balaban J connectivity index is 1.59. The van der Waals surface area contributed by atoms with Crippen LogP contribution < -0.4 is 10.6 Å². The zero-order valence-corrected chi connectivity index (χ0v) is 17.0. The summed E-state index contributed by atoms with van der Waals surface area (Å²) in [5.41, 5.74) is 2.15. The summed E-state index contributed by atoms with van der Waals surface area (Å²) in [6.45, 7) is 2.35. The molecule has 2 aliphatic rings. The highest BCUT2D eigenvalue weighted by atomic mass is 32.2. The summed E-state index contributed by atoms with van der Waals surface area (Å²) in [5, 5.41) is 4.77. The van der Waals surface area contributed by atoms with Gasteiger partial charge in [0.05, 0.1) is 5.25 Å². The highest BCUT2D eigenvalue weighted by molar-refractivity contribution is 7.86. The van der Waals surface area contributed by atoms with Crippen LogP contribution in [0.15, 0.2) is 18.2 Å². The van der Waals surface area contributed by atoms with Crippen LogP contribution in [-0.2, 0) is 26.3 Å². The van der Waals surface area contributed by atoms with Gasteiger partial charge in [-0.3, -0.25) is 24.3 Å². The average molecular weight is 423 g/mol. The maximum Gasteiger partial charge on any atom is 0.267 e. The lowest BCUT2D eigenvalue weighted by Crippen LogP contribution is -2.52. The summed E-state index contributed by atoms with van der Waals surface area (Å²) in [5.74, 6) is -0.980. The van der Waals surface area contributed by atoms with Crippen LogP contribution in [0.5, 0.6) is 0 Å². The Bertz CT molecular complexity index is 930. The number of carbonyl (C=O) groups is 3. The average Bonchev–Trinajstić information content (AvgIpc) is 2.98. The van der Waals surface area contributed by atoms with Crippen molar-refractivity contribution in [3.63, 3.8) is 0 Å². The molecule has 1 saturated heterocycles. The van der Waals surface area contributed by atoms with Gasteiger partial charge >= 0.3 is 0 Å². The summed E-state index contributed by atoms with van der Waals surface area (Å²) in [4.78, 5) is 37.8. The SMILES string of the molecule is CC(CCCCNc1cccc2c1CN(C1CCC(=O)NC1=O)C2=O)S(=O)(=O)O. The van der Waals surface area contributed by atoms with Gasteiger partial charge in [0, 0.05) is 36.3 Å². The van der Waals surface area contributed by atoms with E-state index in [0.717, 1.165) is 11.3 Å². The lowest BCUT2D eigenvalue weighted by atomic mass is 10.0. The molecule has 9 nitrogen and oxygen atoms in total. The third kappa shape index (κ3) is 4.76. The molecule has 2 atom stereocenters. The van der Waals surface area contributed by atoms with E-state index in [9.17, 15) is 22.8 Å². The molecule has 1 aromatic carbocycles. The normalized spacial score (nSPS) is 20.4. The number of hydrogen-bond acceptors (Lipinski definition) is 6. The van der Waals surface area contributed by atoms with Crippen LogP contribution in [0.3, 0.4) is 0 Å². The summed E-state index contributed by atoms with van der Waals surface area (Å²) < 4.78 is 31.1. The van der Waals surface area contributed by atoms with Crippen LogP contribution in [0, 0.1) is 0 Å². The van der Waals surface area contributed by atoms with Crippen molar-refractivity contribution in [1.29, 1.82) is 0 Å². The van der Waals surface area contributed by atoms with E-state index in [2.05, 4.69) is 10.6 Å². The smallest absolute Gasteiger partial charge is 0.267 e. The third-order valence-corrected chi connectivity index (χ3v) is 6.70. The number of nitrogens with one attached hydrogen (secondary N) is 2. The van der Waals surface area contributed by atoms with E-state index in [1.807, 2.05) is 6.07 Å². The molecule has 1 fully saturated rings. The predicted molar refractivity (Wildman–Crippen MR) is 106 cm³/mol. The molecule has 10 heteroatoms. The molecule has 2 unspecified atom stereocenters. The number of fused-ring (bicyclic) bond motifs is 1. The minimum absolute atomic E-state index is 0.212. The van der Waals surface area contributed by atoms with Crippen LogP contribution in [-0.4, -0.2) is 53.4 Å². The minimum atomic E-state index is -4.00. The minimum Gasteiger partial charge on any atom is -0.385 e. The number of rotatable bonds is 8. The van der Waals surface area contributed by atoms with Crippen LogP contribution >= 0.6 is 0 Å². The largest absolute Gasteiger partial charge is 0.385 e. The summed E-state index contributed by atoms with van der Waals surface area (Å²) in [6, 6.07) is 4.71. The number of anilines is 1. The van der Waals surface area contributed by atoms with Gasteiger partial charge in [-0.2, -0.15) is 8.42 Å². The van der Waals surface area contributed by atoms with Crippen molar-refractivity contribution in [3.05, 3.63) is 29.3 Å². The molecule has 0 radical (unpaired) electrons. The molecule has 1 aromatic rings. The van der Waals surface area contributed by atoms with Gasteiger partial charge in [0.2, 0.25) is 11.8 Å². The van der Waals surface area contributed by atoms with E-state index in [1.165, 1.54) is 11.8 Å². The number of nitrogens with zero attached hydrogens (tertiary/aromatic N) is 1. The number of piperidine rings is 1. The first-order valence-corrected chi connectivity index (χ1v) is 11.2. The van der Waals surface area contributed by atoms with Crippen LogP contribution in [0.25, 0.3) is 0 Å². The van der Waals surface area contributed by atoms with E-state index in [-0.39, 0.29) is 18.2 Å². The Kier molecular flexibility index (Phi) is 6.23. The Hall–Kier alpha value is -2.46. The summed E-state index contributed by atoms with van der Waals surface area (Å²) in [7, 11) is -4.00. The quantitative estimate of drug-likeness (QED) is 0.326. The topological polar surface area (TPSA) is 133 Å². The Morgan fingerprint density at radius 3 is 2.72 bits per heavy atom. The van der Waals surface area contributed by atoms with Gasteiger partial charge < -0.3 is 10.2 Å². The van der Waals surface area contributed by atoms with E-state index in [1.54, 1.807) is 12.1 Å². The molecular formula is C19H25N3O6S. The molecule has 0 aromatic heterocycles. The van der Waals surface area contributed by atoms with Crippen molar-refractivity contribution in [2.45, 2.75) is 56.9 Å². The fraction of sp³-hybridized carbons (Fsp3) is 0.526. The van der Waals surface area contributed by atoms with Crippen molar-refractivity contribution in [2.24, 2.45) is 0 Å². The number of carbonyl (C=O) groups excluding carboxylic acids is 3. The standard InChI is InChI=1S/C19H25N3O6S/c1-12(29(26,27)28)5-2-3-10-20-15-7-4-6-13-14(15)11-22(19(13)25)16-8-9-17(23)21-18(16)24/h4,6-7,12,16,20H,2-3,5,8-11H2,1H3,(H,21,23,24)(H,26,27,28). The van der Waals surface area contributed by atoms with Gasteiger partial charge in [-0.25, -0.2) is 0 Å². The zero-order valence-electron chi connectivity index (χ0n) is 16.2. The van der Waals surface area contributed by atoms with E-state index >= 15 is 0 Å². The van der Waals surface area contributed by atoms with E-state index < -0.39 is 27.3 Å². The molecule has 158 valence electrons. The fourth-order valence-electron chi connectivity index (χ4n) is 3.68. The van der Waals surface area contributed by atoms with Crippen molar-refractivity contribution in [1.82, 2.24) is 10.2 Å².